The molecule has 23 heavy (non-hydrogen) atoms. The van der Waals surface area contributed by atoms with E-state index in [1.54, 1.807) is 0 Å². The van der Waals surface area contributed by atoms with Crippen molar-refractivity contribution in [2.75, 3.05) is 26.4 Å². The monoisotopic (exact) mass is 337 g/mol. The molecule has 3 rings (SSSR count). The lowest BCUT2D eigenvalue weighted by atomic mass is 9.63. The minimum Gasteiger partial charge on any atom is -0.396 e. The Bertz CT molecular complexity index is 565. The fourth-order valence-corrected chi connectivity index (χ4v) is 3.90. The third kappa shape index (κ3) is 3.25. The van der Waals surface area contributed by atoms with Gasteiger partial charge in [-0.25, -0.2) is 0 Å². The Morgan fingerprint density at radius 1 is 1.35 bits per heavy atom. The lowest BCUT2D eigenvalue weighted by Gasteiger charge is -2.41. The van der Waals surface area contributed by atoms with Gasteiger partial charge in [0.05, 0.1) is 12.0 Å². The van der Waals surface area contributed by atoms with Crippen molar-refractivity contribution in [3.05, 3.63) is 34.9 Å². The number of benzene rings is 1. The Morgan fingerprint density at radius 2 is 2.17 bits per heavy atom. The fraction of sp³-hybridized carbons (Fsp3) is 0.611. The average molecular weight is 338 g/mol. The summed E-state index contributed by atoms with van der Waals surface area (Å²) in [5, 5.41) is 13.1. The van der Waals surface area contributed by atoms with Gasteiger partial charge < -0.3 is 15.2 Å². The van der Waals surface area contributed by atoms with Crippen molar-refractivity contribution in [3.63, 3.8) is 0 Å². The van der Waals surface area contributed by atoms with Gasteiger partial charge in [0, 0.05) is 30.2 Å². The first-order valence-electron chi connectivity index (χ1n) is 8.33. The van der Waals surface area contributed by atoms with E-state index >= 15 is 0 Å². The predicted molar refractivity (Wildman–Crippen MR) is 89.6 cm³/mol. The molecule has 126 valence electrons. The van der Waals surface area contributed by atoms with E-state index in [-0.39, 0.29) is 17.9 Å². The van der Waals surface area contributed by atoms with Crippen LogP contribution in [-0.2, 0) is 14.9 Å². The van der Waals surface area contributed by atoms with Gasteiger partial charge in [-0.05, 0) is 43.4 Å². The van der Waals surface area contributed by atoms with Crippen molar-refractivity contribution in [3.8, 4) is 0 Å². The van der Waals surface area contributed by atoms with Crippen LogP contribution >= 0.6 is 11.6 Å². The summed E-state index contributed by atoms with van der Waals surface area (Å²) in [7, 11) is 0. The summed E-state index contributed by atoms with van der Waals surface area (Å²) in [5.74, 6) is 0.0789. The van der Waals surface area contributed by atoms with Crippen LogP contribution in [-0.4, -0.2) is 37.4 Å². The molecule has 1 atom stereocenters. The standard InChI is InChI=1S/C18H24ClNO3/c19-15-4-1-3-14(11-15)18(5-2-6-18)16(22)20-12-17(7-9-21)8-10-23-13-17/h1,3-4,11,21H,2,5-10,12-13H2,(H,20,22). The summed E-state index contributed by atoms with van der Waals surface area (Å²) >= 11 is 6.10. The van der Waals surface area contributed by atoms with Gasteiger partial charge in [0.15, 0.2) is 0 Å². The van der Waals surface area contributed by atoms with E-state index in [1.807, 2.05) is 24.3 Å². The maximum Gasteiger partial charge on any atom is 0.230 e. The third-order valence-corrected chi connectivity index (χ3v) is 5.71. The smallest absolute Gasteiger partial charge is 0.230 e. The number of ether oxygens (including phenoxy) is 1. The zero-order valence-corrected chi connectivity index (χ0v) is 14.1. The second kappa shape index (κ2) is 6.80. The van der Waals surface area contributed by atoms with Crippen LogP contribution in [0.1, 0.15) is 37.7 Å². The number of aliphatic hydroxyl groups is 1. The molecule has 1 aromatic carbocycles. The Balaban J connectivity index is 1.71. The first-order valence-corrected chi connectivity index (χ1v) is 8.71. The summed E-state index contributed by atoms with van der Waals surface area (Å²) < 4.78 is 5.49. The van der Waals surface area contributed by atoms with E-state index in [0.717, 1.165) is 31.2 Å². The molecule has 5 heteroatoms. The van der Waals surface area contributed by atoms with Crippen LogP contribution in [0.5, 0.6) is 0 Å². The molecular formula is C18H24ClNO3. The van der Waals surface area contributed by atoms with Crippen molar-refractivity contribution in [2.24, 2.45) is 5.41 Å². The van der Waals surface area contributed by atoms with Crippen LogP contribution < -0.4 is 5.32 Å². The Kier molecular flexibility index (Phi) is 4.95. The molecule has 1 aliphatic heterocycles. The van der Waals surface area contributed by atoms with Crippen molar-refractivity contribution in [2.45, 2.75) is 37.5 Å². The summed E-state index contributed by atoms with van der Waals surface area (Å²) in [6.45, 7) is 2.00. The molecule has 2 aliphatic rings. The zero-order chi connectivity index (χ0) is 16.3. The second-order valence-electron chi connectivity index (χ2n) is 6.90. The van der Waals surface area contributed by atoms with Crippen molar-refractivity contribution in [1.29, 1.82) is 0 Å². The lowest BCUT2D eigenvalue weighted by Crippen LogP contribution is -2.51. The number of hydrogen-bond donors (Lipinski definition) is 2. The lowest BCUT2D eigenvalue weighted by molar-refractivity contribution is -0.130. The van der Waals surface area contributed by atoms with Crippen LogP contribution in [0.15, 0.2) is 24.3 Å². The van der Waals surface area contributed by atoms with Gasteiger partial charge >= 0.3 is 0 Å². The molecule has 0 radical (unpaired) electrons. The van der Waals surface area contributed by atoms with Gasteiger partial charge in [-0.2, -0.15) is 0 Å². The molecule has 1 unspecified atom stereocenters. The van der Waals surface area contributed by atoms with Crippen LogP contribution in [0, 0.1) is 5.41 Å². The Hall–Kier alpha value is -1.10. The molecule has 1 aromatic rings. The minimum atomic E-state index is -0.440. The molecule has 1 saturated carbocycles. The number of rotatable bonds is 6. The van der Waals surface area contributed by atoms with E-state index in [4.69, 9.17) is 16.3 Å². The normalized spacial score (nSPS) is 25.8. The number of nitrogens with one attached hydrogen (secondary N) is 1. The number of aliphatic hydroxyl groups excluding tert-OH is 1. The van der Waals surface area contributed by atoms with Crippen LogP contribution in [0.25, 0.3) is 0 Å². The fourth-order valence-electron chi connectivity index (χ4n) is 3.71. The summed E-state index contributed by atoms with van der Waals surface area (Å²) in [4.78, 5) is 12.9. The average Bonchev–Trinajstić information content (AvgIpc) is 2.94. The van der Waals surface area contributed by atoms with E-state index in [2.05, 4.69) is 5.32 Å². The van der Waals surface area contributed by atoms with Crippen LogP contribution in [0.4, 0.5) is 0 Å². The summed E-state index contributed by atoms with van der Waals surface area (Å²) in [6.07, 6.45) is 4.34. The van der Waals surface area contributed by atoms with E-state index in [0.29, 0.717) is 31.2 Å². The van der Waals surface area contributed by atoms with E-state index < -0.39 is 5.41 Å². The van der Waals surface area contributed by atoms with Crippen LogP contribution in [0.2, 0.25) is 5.02 Å². The first-order chi connectivity index (χ1) is 11.1. The van der Waals surface area contributed by atoms with Gasteiger partial charge in [0.25, 0.3) is 0 Å². The molecule has 0 bridgehead atoms. The molecule has 1 amide bonds. The van der Waals surface area contributed by atoms with Gasteiger partial charge in [0.2, 0.25) is 5.91 Å². The van der Waals surface area contributed by atoms with E-state index in [9.17, 15) is 9.90 Å². The molecule has 1 aliphatic carbocycles. The number of amides is 1. The molecule has 1 saturated heterocycles. The third-order valence-electron chi connectivity index (χ3n) is 5.47. The van der Waals surface area contributed by atoms with Gasteiger partial charge in [-0.15, -0.1) is 0 Å². The van der Waals surface area contributed by atoms with Gasteiger partial charge in [0.1, 0.15) is 0 Å². The number of carbonyl (C=O) groups is 1. The van der Waals surface area contributed by atoms with Crippen LogP contribution in [0.3, 0.4) is 0 Å². The van der Waals surface area contributed by atoms with Crippen molar-refractivity contribution in [1.82, 2.24) is 5.32 Å². The molecule has 0 aromatic heterocycles. The van der Waals surface area contributed by atoms with Gasteiger partial charge in [-0.3, -0.25) is 4.79 Å². The number of hydrogen-bond acceptors (Lipinski definition) is 3. The summed E-state index contributed by atoms with van der Waals surface area (Å²) in [5.41, 5.74) is 0.446. The highest BCUT2D eigenvalue weighted by Crippen LogP contribution is 2.44. The van der Waals surface area contributed by atoms with Gasteiger partial charge in [-0.1, -0.05) is 30.2 Å². The van der Waals surface area contributed by atoms with Crippen molar-refractivity contribution >= 4 is 17.5 Å². The SMILES string of the molecule is O=C(NCC1(CCO)CCOC1)C1(c2cccc(Cl)c2)CCC1. The maximum atomic E-state index is 12.9. The molecular weight excluding hydrogens is 314 g/mol. The molecule has 2 N–H and O–H groups in total. The predicted octanol–water partition coefficient (Wildman–Crippen LogP) is 2.67. The van der Waals surface area contributed by atoms with E-state index in [1.165, 1.54) is 0 Å². The topological polar surface area (TPSA) is 58.6 Å². The minimum absolute atomic E-state index is 0.0789. The maximum absolute atomic E-state index is 12.9. The molecule has 4 nitrogen and oxygen atoms in total. The number of halogens is 1. The highest BCUT2D eigenvalue weighted by molar-refractivity contribution is 6.30. The number of carbonyl (C=O) groups excluding carboxylic acids is 1. The molecule has 1 heterocycles. The zero-order valence-electron chi connectivity index (χ0n) is 13.3. The Labute approximate surface area is 142 Å². The largest absolute Gasteiger partial charge is 0.396 e. The first kappa shape index (κ1) is 16.7. The second-order valence-corrected chi connectivity index (χ2v) is 7.34. The molecule has 2 fully saturated rings. The highest BCUT2D eigenvalue weighted by Gasteiger charge is 2.46. The van der Waals surface area contributed by atoms with Crippen molar-refractivity contribution < 1.29 is 14.6 Å². The quantitative estimate of drug-likeness (QED) is 0.839. The molecule has 0 spiro atoms. The highest BCUT2D eigenvalue weighted by atomic mass is 35.5. The summed E-state index contributed by atoms with van der Waals surface area (Å²) in [6, 6.07) is 7.64. The Morgan fingerprint density at radius 3 is 2.74 bits per heavy atom.